The average molecular weight is 497 g/mol. The number of aromatic nitrogens is 2. The van der Waals surface area contributed by atoms with Crippen LogP contribution in [0.25, 0.3) is 11.1 Å². The summed E-state index contributed by atoms with van der Waals surface area (Å²) in [5.74, 6) is 1.13. The molecule has 2 aromatic rings. The van der Waals surface area contributed by atoms with Crippen molar-refractivity contribution in [3.63, 3.8) is 0 Å². The molecular weight excluding hydrogens is 464 g/mol. The zero-order chi connectivity index (χ0) is 24.3. The number of fused-ring (bicyclic) bond motifs is 1. The van der Waals surface area contributed by atoms with E-state index in [0.29, 0.717) is 18.0 Å². The van der Waals surface area contributed by atoms with Crippen LogP contribution in [0.15, 0.2) is 24.5 Å². The lowest BCUT2D eigenvalue weighted by Crippen LogP contribution is -2.41. The predicted octanol–water partition coefficient (Wildman–Crippen LogP) is 1.89. The van der Waals surface area contributed by atoms with Crippen LogP contribution < -0.4 is 9.64 Å². The van der Waals surface area contributed by atoms with Crippen molar-refractivity contribution in [1.29, 1.82) is 0 Å². The third kappa shape index (κ3) is 6.01. The molecule has 1 aromatic carbocycles. The third-order valence-electron chi connectivity index (χ3n) is 5.86. The van der Waals surface area contributed by atoms with Gasteiger partial charge >= 0.3 is 0 Å². The SMILES string of the molecule is CC(=O)N1c2ccc(-c3cnn(CCS(C)=O)c3)c(OCCN(C)S(C)(=O)=O)c2CC[C@@H]1C. The van der Waals surface area contributed by atoms with Gasteiger partial charge in [0.1, 0.15) is 12.4 Å². The van der Waals surface area contributed by atoms with Crippen LogP contribution in [-0.2, 0) is 38.6 Å². The molecule has 0 saturated carbocycles. The summed E-state index contributed by atoms with van der Waals surface area (Å²) in [7, 11) is -2.71. The van der Waals surface area contributed by atoms with Crippen LogP contribution in [0.2, 0.25) is 0 Å². The van der Waals surface area contributed by atoms with Crippen molar-refractivity contribution >= 4 is 32.4 Å². The molecule has 0 N–H and O–H groups in total. The number of benzene rings is 1. The second kappa shape index (κ2) is 10.4. The Morgan fingerprint density at radius 1 is 1.36 bits per heavy atom. The molecule has 33 heavy (non-hydrogen) atoms. The highest BCUT2D eigenvalue weighted by molar-refractivity contribution is 7.88. The third-order valence-corrected chi connectivity index (χ3v) is 7.93. The Bertz CT molecular complexity index is 1150. The number of aryl methyl sites for hydroxylation is 1. The Labute approximate surface area is 198 Å². The van der Waals surface area contributed by atoms with Crippen molar-refractivity contribution < 1.29 is 22.2 Å². The topological polar surface area (TPSA) is 102 Å². The molecule has 0 saturated heterocycles. The molecule has 2 heterocycles. The summed E-state index contributed by atoms with van der Waals surface area (Å²) < 4.78 is 44.1. The van der Waals surface area contributed by atoms with Gasteiger partial charge in [-0.3, -0.25) is 13.7 Å². The average Bonchev–Trinajstić information content (AvgIpc) is 3.19. The number of carbonyl (C=O) groups is 1. The number of hydrogen-bond acceptors (Lipinski definition) is 6. The van der Waals surface area contributed by atoms with Crippen LogP contribution in [-0.4, -0.2) is 77.1 Å². The second-order valence-corrected chi connectivity index (χ2v) is 12.1. The first-order valence-corrected chi connectivity index (χ1v) is 14.4. The zero-order valence-corrected chi connectivity index (χ0v) is 21.4. The summed E-state index contributed by atoms with van der Waals surface area (Å²) >= 11 is 0. The number of anilines is 1. The highest BCUT2D eigenvalue weighted by atomic mass is 32.2. The lowest BCUT2D eigenvalue weighted by atomic mass is 9.92. The monoisotopic (exact) mass is 496 g/mol. The molecule has 1 amide bonds. The van der Waals surface area contributed by atoms with Gasteiger partial charge in [0.05, 0.1) is 24.7 Å². The van der Waals surface area contributed by atoms with Gasteiger partial charge in [0.2, 0.25) is 15.9 Å². The van der Waals surface area contributed by atoms with E-state index < -0.39 is 20.8 Å². The number of amides is 1. The summed E-state index contributed by atoms with van der Waals surface area (Å²) in [5.41, 5.74) is 3.44. The number of nitrogens with zero attached hydrogens (tertiary/aromatic N) is 4. The first-order valence-electron chi connectivity index (χ1n) is 10.8. The van der Waals surface area contributed by atoms with E-state index >= 15 is 0 Å². The summed E-state index contributed by atoms with van der Waals surface area (Å²) in [6.07, 6.45) is 8.00. The largest absolute Gasteiger partial charge is 0.491 e. The quantitative estimate of drug-likeness (QED) is 0.525. The van der Waals surface area contributed by atoms with Crippen LogP contribution in [0.3, 0.4) is 0 Å². The Morgan fingerprint density at radius 2 is 2.09 bits per heavy atom. The van der Waals surface area contributed by atoms with Gasteiger partial charge < -0.3 is 9.64 Å². The number of hydrogen-bond donors (Lipinski definition) is 0. The Hall–Kier alpha value is -2.24. The first-order chi connectivity index (χ1) is 15.5. The summed E-state index contributed by atoms with van der Waals surface area (Å²) in [6.45, 7) is 4.51. The van der Waals surface area contributed by atoms with Crippen LogP contribution in [0, 0.1) is 0 Å². The van der Waals surface area contributed by atoms with Crippen LogP contribution in [0.4, 0.5) is 5.69 Å². The van der Waals surface area contributed by atoms with Gasteiger partial charge in [-0.1, -0.05) is 0 Å². The summed E-state index contributed by atoms with van der Waals surface area (Å²) in [5, 5.41) is 4.39. The van der Waals surface area contributed by atoms with Crippen LogP contribution in [0.1, 0.15) is 25.8 Å². The Kier molecular flexibility index (Phi) is 7.96. The lowest BCUT2D eigenvalue weighted by molar-refractivity contribution is -0.117. The van der Waals surface area contributed by atoms with E-state index in [0.717, 1.165) is 41.5 Å². The van der Waals surface area contributed by atoms with Crippen LogP contribution in [0.5, 0.6) is 5.75 Å². The molecule has 1 aliphatic rings. The molecule has 0 fully saturated rings. The van der Waals surface area contributed by atoms with E-state index in [1.165, 1.54) is 11.4 Å². The fourth-order valence-corrected chi connectivity index (χ4v) is 4.82. The molecule has 0 spiro atoms. The maximum Gasteiger partial charge on any atom is 0.224 e. The van der Waals surface area contributed by atoms with Crippen molar-refractivity contribution in [2.45, 2.75) is 39.3 Å². The molecule has 182 valence electrons. The smallest absolute Gasteiger partial charge is 0.224 e. The van der Waals surface area contributed by atoms with E-state index in [4.69, 9.17) is 4.74 Å². The standard InChI is InChI=1S/C22H32N4O5S2/c1-16-6-7-20-21(26(16)17(2)27)9-8-19(18-14-23-25(15-18)11-13-32(4)28)22(20)31-12-10-24(3)33(5,29)30/h8-9,14-16H,6-7,10-13H2,1-5H3/t16-,32?/m0/s1. The van der Waals surface area contributed by atoms with Gasteiger partial charge in [-0.2, -0.15) is 5.10 Å². The molecule has 9 nitrogen and oxygen atoms in total. The van der Waals surface area contributed by atoms with Gasteiger partial charge in [-0.05, 0) is 31.9 Å². The van der Waals surface area contributed by atoms with Crippen LogP contribution >= 0.6 is 0 Å². The molecule has 11 heteroatoms. The van der Waals surface area contributed by atoms with Crippen molar-refractivity contribution in [3.8, 4) is 16.9 Å². The zero-order valence-electron chi connectivity index (χ0n) is 19.8. The minimum atomic E-state index is -3.31. The fourth-order valence-electron chi connectivity index (χ4n) is 3.97. The van der Waals surface area contributed by atoms with Gasteiger partial charge in [0.15, 0.2) is 0 Å². The van der Waals surface area contributed by atoms with E-state index in [9.17, 15) is 17.4 Å². The van der Waals surface area contributed by atoms with Crippen molar-refractivity contribution in [2.75, 3.05) is 43.4 Å². The first kappa shape index (κ1) is 25.4. The van der Waals surface area contributed by atoms with Gasteiger partial charge in [0, 0.05) is 72.3 Å². The fraction of sp³-hybridized carbons (Fsp3) is 0.545. The van der Waals surface area contributed by atoms with Gasteiger partial charge in [0.25, 0.3) is 0 Å². The van der Waals surface area contributed by atoms with E-state index in [-0.39, 0.29) is 25.1 Å². The van der Waals surface area contributed by atoms with E-state index in [2.05, 4.69) is 5.10 Å². The number of carbonyl (C=O) groups excluding carboxylic acids is 1. The minimum absolute atomic E-state index is 0.0284. The van der Waals surface area contributed by atoms with Gasteiger partial charge in [-0.15, -0.1) is 0 Å². The molecule has 0 radical (unpaired) electrons. The Morgan fingerprint density at radius 3 is 2.73 bits per heavy atom. The highest BCUT2D eigenvalue weighted by Crippen LogP contribution is 2.43. The summed E-state index contributed by atoms with van der Waals surface area (Å²) in [6, 6.07) is 3.94. The van der Waals surface area contributed by atoms with Crippen molar-refractivity contribution in [2.24, 2.45) is 0 Å². The molecule has 3 rings (SSSR count). The molecule has 0 bridgehead atoms. The van der Waals surface area contributed by atoms with Crippen molar-refractivity contribution in [3.05, 3.63) is 30.1 Å². The maximum atomic E-state index is 12.4. The number of sulfonamides is 1. The molecule has 1 aliphatic heterocycles. The second-order valence-electron chi connectivity index (χ2n) is 8.42. The van der Waals surface area contributed by atoms with Crippen molar-refractivity contribution in [1.82, 2.24) is 14.1 Å². The highest BCUT2D eigenvalue weighted by Gasteiger charge is 2.30. The molecule has 2 atom stereocenters. The van der Waals surface area contributed by atoms with Gasteiger partial charge in [-0.25, -0.2) is 12.7 Å². The number of rotatable bonds is 9. The summed E-state index contributed by atoms with van der Waals surface area (Å²) in [4.78, 5) is 14.1. The number of ether oxygens (including phenoxy) is 1. The minimum Gasteiger partial charge on any atom is -0.491 e. The molecular formula is C22H32N4O5S2. The number of likely N-dealkylation sites (N-methyl/N-ethyl adjacent to an activating group) is 1. The normalized spacial score (nSPS) is 17.2. The lowest BCUT2D eigenvalue weighted by Gasteiger charge is -2.36. The molecule has 1 aromatic heterocycles. The van der Waals surface area contributed by atoms with E-state index in [1.807, 2.05) is 25.3 Å². The molecule has 1 unspecified atom stereocenters. The Balaban J connectivity index is 1.99. The van der Waals surface area contributed by atoms with E-state index in [1.54, 1.807) is 29.0 Å². The maximum absolute atomic E-state index is 12.4. The predicted molar refractivity (Wildman–Crippen MR) is 131 cm³/mol. The molecule has 0 aliphatic carbocycles.